The van der Waals surface area contributed by atoms with Crippen LogP contribution in [0.15, 0.2) is 11.1 Å². The maximum absolute atomic E-state index is 11.5. The number of nitrogens with one attached hydrogen (secondary N) is 1. The van der Waals surface area contributed by atoms with E-state index in [1.807, 2.05) is 0 Å². The summed E-state index contributed by atoms with van der Waals surface area (Å²) in [5.74, 6) is -1.43. The van der Waals surface area contributed by atoms with Crippen LogP contribution < -0.4 is 5.32 Å². The lowest BCUT2D eigenvalue weighted by atomic mass is 10.1. The highest BCUT2D eigenvalue weighted by molar-refractivity contribution is 6.01. The molecule has 0 radical (unpaired) electrons. The topological polar surface area (TPSA) is 84.9 Å². The molecule has 6 nitrogen and oxygen atoms in total. The summed E-state index contributed by atoms with van der Waals surface area (Å²) >= 11 is 0. The minimum Gasteiger partial charge on any atom is -0.478 e. The van der Waals surface area contributed by atoms with Gasteiger partial charge < -0.3 is 19.9 Å². The molecule has 104 valence electrons. The van der Waals surface area contributed by atoms with Crippen LogP contribution in [0, 0.1) is 0 Å². The van der Waals surface area contributed by atoms with Gasteiger partial charge in [0.2, 0.25) is 5.91 Å². The highest BCUT2D eigenvalue weighted by atomic mass is 16.5. The van der Waals surface area contributed by atoms with Gasteiger partial charge in [-0.3, -0.25) is 4.79 Å². The average Bonchev–Trinajstić information content (AvgIpc) is 2.35. The number of rotatable bonds is 9. The van der Waals surface area contributed by atoms with Crippen LogP contribution in [0.2, 0.25) is 0 Å². The number of hydrogen-bond acceptors (Lipinski definition) is 4. The molecule has 0 bridgehead atoms. The lowest BCUT2D eigenvalue weighted by Gasteiger charge is -2.07. The fourth-order valence-electron chi connectivity index (χ4n) is 1.08. The molecule has 0 heterocycles. The Morgan fingerprint density at radius 1 is 1.11 bits per heavy atom. The number of carbonyl (C=O) groups excluding carboxylic acids is 1. The highest BCUT2D eigenvalue weighted by Crippen LogP contribution is 2.03. The standard InChI is InChI=1S/C12H21NO5/c1-9(10(2)12(15)16)11(14)13-5-4-6-18-8-7-17-3/h4-8H2,1-3H3,(H,13,14)(H,15,16)/b10-9-. The number of hydrogen-bond donors (Lipinski definition) is 2. The van der Waals surface area contributed by atoms with Gasteiger partial charge in [0.1, 0.15) is 0 Å². The van der Waals surface area contributed by atoms with E-state index in [0.717, 1.165) is 0 Å². The molecule has 0 aliphatic carbocycles. The van der Waals surface area contributed by atoms with E-state index in [1.165, 1.54) is 13.8 Å². The summed E-state index contributed by atoms with van der Waals surface area (Å²) < 4.78 is 10.0. The molecule has 0 aromatic rings. The second-order valence-corrected chi connectivity index (χ2v) is 3.77. The van der Waals surface area contributed by atoms with Gasteiger partial charge in [-0.1, -0.05) is 0 Å². The largest absolute Gasteiger partial charge is 0.478 e. The molecular weight excluding hydrogens is 238 g/mol. The fourth-order valence-corrected chi connectivity index (χ4v) is 1.08. The molecule has 0 rings (SSSR count). The first-order valence-electron chi connectivity index (χ1n) is 5.76. The molecule has 0 aliphatic heterocycles. The number of methoxy groups -OCH3 is 1. The summed E-state index contributed by atoms with van der Waals surface area (Å²) in [7, 11) is 1.60. The van der Waals surface area contributed by atoms with Crippen LogP contribution in [0.25, 0.3) is 0 Å². The van der Waals surface area contributed by atoms with Crippen molar-refractivity contribution >= 4 is 11.9 Å². The Labute approximate surface area is 107 Å². The van der Waals surface area contributed by atoms with Crippen molar-refractivity contribution in [3.05, 3.63) is 11.1 Å². The van der Waals surface area contributed by atoms with Crippen LogP contribution in [0.3, 0.4) is 0 Å². The summed E-state index contributed by atoms with van der Waals surface area (Å²) in [6, 6.07) is 0. The monoisotopic (exact) mass is 259 g/mol. The summed E-state index contributed by atoms with van der Waals surface area (Å²) in [6.45, 7) is 4.97. The van der Waals surface area contributed by atoms with Crippen molar-refractivity contribution in [2.24, 2.45) is 0 Å². The first kappa shape index (κ1) is 16.6. The summed E-state index contributed by atoms with van der Waals surface area (Å²) in [5.41, 5.74) is 0.284. The third kappa shape index (κ3) is 7.03. The first-order chi connectivity index (χ1) is 8.50. The Morgan fingerprint density at radius 2 is 1.78 bits per heavy atom. The molecule has 0 atom stereocenters. The van der Waals surface area contributed by atoms with E-state index in [4.69, 9.17) is 14.6 Å². The lowest BCUT2D eigenvalue weighted by molar-refractivity contribution is -0.133. The molecule has 0 unspecified atom stereocenters. The van der Waals surface area contributed by atoms with Crippen molar-refractivity contribution in [3.63, 3.8) is 0 Å². The molecule has 0 aliphatic rings. The van der Waals surface area contributed by atoms with E-state index in [-0.39, 0.29) is 17.1 Å². The SMILES string of the molecule is COCCOCCCNC(=O)/C(C)=C(/C)C(=O)O. The molecule has 0 fully saturated rings. The molecule has 0 spiro atoms. The zero-order valence-electron chi connectivity index (χ0n) is 11.1. The van der Waals surface area contributed by atoms with Crippen LogP contribution in [-0.4, -0.2) is 50.5 Å². The zero-order chi connectivity index (χ0) is 14.0. The predicted molar refractivity (Wildman–Crippen MR) is 66.3 cm³/mol. The molecular formula is C12H21NO5. The predicted octanol–water partition coefficient (Wildman–Crippen LogP) is 0.577. The van der Waals surface area contributed by atoms with E-state index in [1.54, 1.807) is 7.11 Å². The van der Waals surface area contributed by atoms with Gasteiger partial charge in [-0.2, -0.15) is 0 Å². The second-order valence-electron chi connectivity index (χ2n) is 3.77. The van der Waals surface area contributed by atoms with E-state index >= 15 is 0 Å². The lowest BCUT2D eigenvalue weighted by Crippen LogP contribution is -2.27. The van der Waals surface area contributed by atoms with Crippen molar-refractivity contribution in [2.75, 3.05) is 33.5 Å². The summed E-state index contributed by atoms with van der Waals surface area (Å²) in [6.07, 6.45) is 0.675. The zero-order valence-corrected chi connectivity index (χ0v) is 11.1. The van der Waals surface area contributed by atoms with Crippen LogP contribution in [0.4, 0.5) is 0 Å². The number of carbonyl (C=O) groups is 2. The minimum atomic E-state index is -1.08. The molecule has 6 heteroatoms. The van der Waals surface area contributed by atoms with Crippen LogP contribution in [0.1, 0.15) is 20.3 Å². The Bertz CT molecular complexity index is 312. The molecule has 2 N–H and O–H groups in total. The molecule has 0 saturated carbocycles. The van der Waals surface area contributed by atoms with Crippen LogP contribution in [-0.2, 0) is 19.1 Å². The number of amides is 1. The van der Waals surface area contributed by atoms with Crippen molar-refractivity contribution in [1.29, 1.82) is 0 Å². The third-order valence-electron chi connectivity index (χ3n) is 2.41. The quantitative estimate of drug-likeness (QED) is 0.467. The van der Waals surface area contributed by atoms with Gasteiger partial charge in [0.15, 0.2) is 0 Å². The Kier molecular flexibility index (Phi) is 8.86. The molecule has 18 heavy (non-hydrogen) atoms. The van der Waals surface area contributed by atoms with Crippen LogP contribution >= 0.6 is 0 Å². The number of carboxylic acid groups (broad SMARTS) is 1. The molecule has 0 aromatic carbocycles. The third-order valence-corrected chi connectivity index (χ3v) is 2.41. The van der Waals surface area contributed by atoms with Gasteiger partial charge >= 0.3 is 5.97 Å². The molecule has 0 saturated heterocycles. The number of aliphatic carboxylic acids is 1. The van der Waals surface area contributed by atoms with Crippen molar-refractivity contribution < 1.29 is 24.2 Å². The smallest absolute Gasteiger partial charge is 0.331 e. The van der Waals surface area contributed by atoms with Gasteiger partial charge in [0, 0.05) is 31.4 Å². The van der Waals surface area contributed by atoms with E-state index in [9.17, 15) is 9.59 Å². The van der Waals surface area contributed by atoms with Gasteiger partial charge in [0.25, 0.3) is 0 Å². The van der Waals surface area contributed by atoms with Gasteiger partial charge in [-0.05, 0) is 20.3 Å². The Hall–Kier alpha value is -1.40. The van der Waals surface area contributed by atoms with E-state index < -0.39 is 5.97 Å². The number of carboxylic acids is 1. The average molecular weight is 259 g/mol. The molecule has 1 amide bonds. The van der Waals surface area contributed by atoms with Crippen molar-refractivity contribution in [1.82, 2.24) is 5.32 Å². The maximum atomic E-state index is 11.5. The minimum absolute atomic E-state index is 0.0591. The number of ether oxygens (including phenoxy) is 2. The van der Waals surface area contributed by atoms with E-state index in [0.29, 0.717) is 32.8 Å². The maximum Gasteiger partial charge on any atom is 0.331 e. The fraction of sp³-hybridized carbons (Fsp3) is 0.667. The van der Waals surface area contributed by atoms with Crippen LogP contribution in [0.5, 0.6) is 0 Å². The van der Waals surface area contributed by atoms with Gasteiger partial charge in [-0.15, -0.1) is 0 Å². The normalized spacial score (nSPS) is 11.9. The van der Waals surface area contributed by atoms with Gasteiger partial charge in [-0.25, -0.2) is 4.79 Å². The summed E-state index contributed by atoms with van der Waals surface area (Å²) in [4.78, 5) is 22.2. The molecule has 0 aromatic heterocycles. The Balaban J connectivity index is 3.78. The highest BCUT2D eigenvalue weighted by Gasteiger charge is 2.11. The summed E-state index contributed by atoms with van der Waals surface area (Å²) in [5, 5.41) is 11.4. The van der Waals surface area contributed by atoms with Crippen molar-refractivity contribution in [3.8, 4) is 0 Å². The van der Waals surface area contributed by atoms with Gasteiger partial charge in [0.05, 0.1) is 13.2 Å². The second kappa shape index (κ2) is 9.61. The first-order valence-corrected chi connectivity index (χ1v) is 5.76. The Morgan fingerprint density at radius 3 is 2.33 bits per heavy atom. The van der Waals surface area contributed by atoms with E-state index in [2.05, 4.69) is 5.32 Å². The van der Waals surface area contributed by atoms with Crippen molar-refractivity contribution in [2.45, 2.75) is 20.3 Å².